The van der Waals surface area contributed by atoms with E-state index in [1.807, 2.05) is 12.1 Å². The minimum Gasteiger partial charge on any atom is -0.497 e. The first kappa shape index (κ1) is 11.3. The van der Waals surface area contributed by atoms with Crippen LogP contribution in [0.1, 0.15) is 24.9 Å². The fraction of sp³-hybridized carbons (Fsp3) is 0.538. The average Bonchev–Trinajstić information content (AvgIpc) is 2.75. The fourth-order valence-corrected chi connectivity index (χ4v) is 2.26. The Balaban J connectivity index is 2.29. The number of rotatable bonds is 3. The van der Waals surface area contributed by atoms with Gasteiger partial charge in [-0.05, 0) is 37.1 Å². The lowest BCUT2D eigenvalue weighted by molar-refractivity contribution is 0.392. The molecule has 0 aliphatic carbocycles. The monoisotopic (exact) mass is 221 g/mol. The molecule has 1 aliphatic rings. The van der Waals surface area contributed by atoms with Crippen molar-refractivity contribution < 1.29 is 9.47 Å². The van der Waals surface area contributed by atoms with E-state index in [9.17, 15) is 0 Å². The molecule has 1 heterocycles. The minimum absolute atomic E-state index is 0.389. The largest absolute Gasteiger partial charge is 0.497 e. The first-order valence-electron chi connectivity index (χ1n) is 5.70. The van der Waals surface area contributed by atoms with Gasteiger partial charge < -0.3 is 14.8 Å². The molecule has 2 rings (SSSR count). The summed E-state index contributed by atoms with van der Waals surface area (Å²) in [7, 11) is 3.40. The van der Waals surface area contributed by atoms with Gasteiger partial charge in [0, 0.05) is 11.6 Å². The lowest BCUT2D eigenvalue weighted by atomic mass is 10.00. The van der Waals surface area contributed by atoms with Crippen molar-refractivity contribution in [1.29, 1.82) is 0 Å². The molecule has 1 fully saturated rings. The van der Waals surface area contributed by atoms with Crippen molar-refractivity contribution in [3.8, 4) is 11.5 Å². The van der Waals surface area contributed by atoms with E-state index in [1.165, 1.54) is 5.56 Å². The Hall–Kier alpha value is -1.22. The molecule has 1 aromatic rings. The van der Waals surface area contributed by atoms with Crippen molar-refractivity contribution in [3.05, 3.63) is 23.8 Å². The fourth-order valence-electron chi connectivity index (χ4n) is 2.26. The Bertz CT molecular complexity index is 365. The predicted molar refractivity (Wildman–Crippen MR) is 64.1 cm³/mol. The summed E-state index contributed by atoms with van der Waals surface area (Å²) in [6.07, 6.45) is 1.16. The van der Waals surface area contributed by atoms with Crippen molar-refractivity contribution in [2.75, 3.05) is 20.8 Å². The normalized spacial score (nSPS) is 24.4. The molecule has 0 unspecified atom stereocenters. The second-order valence-corrected chi connectivity index (χ2v) is 4.41. The van der Waals surface area contributed by atoms with Gasteiger partial charge in [0.2, 0.25) is 0 Å². The Morgan fingerprint density at radius 1 is 1.25 bits per heavy atom. The van der Waals surface area contributed by atoms with Gasteiger partial charge in [0.05, 0.1) is 14.2 Å². The third kappa shape index (κ3) is 2.14. The van der Waals surface area contributed by atoms with E-state index in [-0.39, 0.29) is 0 Å². The smallest absolute Gasteiger partial charge is 0.123 e. The maximum atomic E-state index is 5.40. The summed E-state index contributed by atoms with van der Waals surface area (Å²) in [5.74, 6) is 2.55. The van der Waals surface area contributed by atoms with E-state index in [0.29, 0.717) is 6.04 Å². The van der Waals surface area contributed by atoms with Crippen LogP contribution >= 0.6 is 0 Å². The summed E-state index contributed by atoms with van der Waals surface area (Å²) in [4.78, 5) is 0. The number of hydrogen-bond acceptors (Lipinski definition) is 3. The Morgan fingerprint density at radius 2 is 2.06 bits per heavy atom. The lowest BCUT2D eigenvalue weighted by Crippen LogP contribution is -2.14. The van der Waals surface area contributed by atoms with Gasteiger partial charge in [0.15, 0.2) is 0 Å². The molecular weight excluding hydrogens is 202 g/mol. The SMILES string of the molecule is COc1ccc(OC)c([C@@H]2C[C@H](C)CN2)c1. The van der Waals surface area contributed by atoms with E-state index < -0.39 is 0 Å². The molecule has 0 radical (unpaired) electrons. The Morgan fingerprint density at radius 3 is 2.62 bits per heavy atom. The van der Waals surface area contributed by atoms with Crippen LogP contribution in [0.15, 0.2) is 18.2 Å². The topological polar surface area (TPSA) is 30.5 Å². The molecule has 0 amide bonds. The number of nitrogens with one attached hydrogen (secondary N) is 1. The van der Waals surface area contributed by atoms with Gasteiger partial charge in [0.25, 0.3) is 0 Å². The van der Waals surface area contributed by atoms with Crippen LogP contribution in [0.4, 0.5) is 0 Å². The molecular formula is C13H19NO2. The summed E-state index contributed by atoms with van der Waals surface area (Å²) in [5, 5.41) is 3.51. The quantitative estimate of drug-likeness (QED) is 0.850. The molecule has 3 heteroatoms. The van der Waals surface area contributed by atoms with E-state index >= 15 is 0 Å². The van der Waals surface area contributed by atoms with Gasteiger partial charge in [-0.25, -0.2) is 0 Å². The minimum atomic E-state index is 0.389. The second-order valence-electron chi connectivity index (χ2n) is 4.41. The van der Waals surface area contributed by atoms with Crippen molar-refractivity contribution in [1.82, 2.24) is 5.32 Å². The van der Waals surface area contributed by atoms with Gasteiger partial charge in [-0.3, -0.25) is 0 Å². The molecule has 1 aromatic carbocycles. The highest BCUT2D eigenvalue weighted by atomic mass is 16.5. The van der Waals surface area contributed by atoms with Crippen LogP contribution in [0.3, 0.4) is 0 Å². The van der Waals surface area contributed by atoms with Crippen molar-refractivity contribution in [2.24, 2.45) is 5.92 Å². The summed E-state index contributed by atoms with van der Waals surface area (Å²) < 4.78 is 10.7. The first-order valence-corrected chi connectivity index (χ1v) is 5.70. The van der Waals surface area contributed by atoms with E-state index in [2.05, 4.69) is 18.3 Å². The number of benzene rings is 1. The zero-order chi connectivity index (χ0) is 11.5. The molecule has 1 aliphatic heterocycles. The molecule has 3 nitrogen and oxygen atoms in total. The molecule has 0 aromatic heterocycles. The maximum absolute atomic E-state index is 5.40. The van der Waals surface area contributed by atoms with Crippen molar-refractivity contribution in [2.45, 2.75) is 19.4 Å². The summed E-state index contributed by atoms with van der Waals surface area (Å²) >= 11 is 0. The zero-order valence-electron chi connectivity index (χ0n) is 10.1. The summed E-state index contributed by atoms with van der Waals surface area (Å²) in [6.45, 7) is 3.34. The van der Waals surface area contributed by atoms with Crippen LogP contribution in [-0.4, -0.2) is 20.8 Å². The molecule has 1 N–H and O–H groups in total. The van der Waals surface area contributed by atoms with Gasteiger partial charge >= 0.3 is 0 Å². The molecule has 1 saturated heterocycles. The second kappa shape index (κ2) is 4.74. The van der Waals surface area contributed by atoms with Crippen LogP contribution in [0.2, 0.25) is 0 Å². The molecule has 16 heavy (non-hydrogen) atoms. The summed E-state index contributed by atoms with van der Waals surface area (Å²) in [6, 6.07) is 6.36. The highest BCUT2D eigenvalue weighted by Gasteiger charge is 2.24. The Kier molecular flexibility index (Phi) is 3.34. The summed E-state index contributed by atoms with van der Waals surface area (Å²) in [5.41, 5.74) is 1.20. The van der Waals surface area contributed by atoms with Crippen LogP contribution < -0.4 is 14.8 Å². The van der Waals surface area contributed by atoms with E-state index in [4.69, 9.17) is 9.47 Å². The average molecular weight is 221 g/mol. The maximum Gasteiger partial charge on any atom is 0.123 e. The van der Waals surface area contributed by atoms with Crippen molar-refractivity contribution >= 4 is 0 Å². The predicted octanol–water partition coefficient (Wildman–Crippen LogP) is 2.37. The number of hydrogen-bond donors (Lipinski definition) is 1. The third-order valence-corrected chi connectivity index (χ3v) is 3.16. The zero-order valence-corrected chi connectivity index (χ0v) is 10.1. The van der Waals surface area contributed by atoms with Gasteiger partial charge in [0.1, 0.15) is 11.5 Å². The van der Waals surface area contributed by atoms with Crippen LogP contribution in [0.25, 0.3) is 0 Å². The molecule has 0 bridgehead atoms. The van der Waals surface area contributed by atoms with E-state index in [0.717, 1.165) is 30.4 Å². The Labute approximate surface area is 96.8 Å². The number of ether oxygens (including phenoxy) is 2. The number of methoxy groups -OCH3 is 2. The van der Waals surface area contributed by atoms with Crippen LogP contribution in [0, 0.1) is 5.92 Å². The van der Waals surface area contributed by atoms with Crippen molar-refractivity contribution in [3.63, 3.8) is 0 Å². The third-order valence-electron chi connectivity index (χ3n) is 3.16. The molecule has 88 valence electrons. The highest BCUT2D eigenvalue weighted by Crippen LogP contribution is 2.35. The van der Waals surface area contributed by atoms with Crippen LogP contribution in [-0.2, 0) is 0 Å². The molecule has 2 atom stereocenters. The molecule has 0 saturated carbocycles. The standard InChI is InChI=1S/C13H19NO2/c1-9-6-12(14-8-9)11-7-10(15-2)4-5-13(11)16-3/h4-5,7,9,12,14H,6,8H2,1-3H3/t9-,12-/m0/s1. The van der Waals surface area contributed by atoms with Crippen LogP contribution in [0.5, 0.6) is 11.5 Å². The lowest BCUT2D eigenvalue weighted by Gasteiger charge is -2.16. The molecule has 0 spiro atoms. The van der Waals surface area contributed by atoms with Gasteiger partial charge in [-0.1, -0.05) is 6.92 Å². The first-order chi connectivity index (χ1) is 7.74. The van der Waals surface area contributed by atoms with E-state index in [1.54, 1.807) is 14.2 Å². The van der Waals surface area contributed by atoms with Gasteiger partial charge in [-0.2, -0.15) is 0 Å². The van der Waals surface area contributed by atoms with Gasteiger partial charge in [-0.15, -0.1) is 0 Å². The highest BCUT2D eigenvalue weighted by molar-refractivity contribution is 5.42.